The third kappa shape index (κ3) is 5.13. The third-order valence-corrected chi connectivity index (χ3v) is 1.97. The Kier molecular flexibility index (Phi) is 6.42. The van der Waals surface area contributed by atoms with E-state index in [0.29, 0.717) is 0 Å². The van der Waals surface area contributed by atoms with Crippen LogP contribution in [0.5, 0.6) is 0 Å². The van der Waals surface area contributed by atoms with E-state index >= 15 is 0 Å². The van der Waals surface area contributed by atoms with E-state index in [1.807, 2.05) is 6.92 Å². The summed E-state index contributed by atoms with van der Waals surface area (Å²) >= 11 is 3.76. The number of amides is 1. The number of rotatable bonds is 5. The molecule has 0 spiro atoms. The summed E-state index contributed by atoms with van der Waals surface area (Å²) in [6.07, 6.45) is 3.48. The van der Waals surface area contributed by atoms with Crippen LogP contribution >= 0.6 is 12.6 Å². The van der Waals surface area contributed by atoms with Crippen LogP contribution in [0.3, 0.4) is 0 Å². The van der Waals surface area contributed by atoms with E-state index in [9.17, 15) is 4.79 Å². The Morgan fingerprint density at radius 3 is 2.36 bits per heavy atom. The fourth-order valence-electron chi connectivity index (χ4n) is 0.942. The molecule has 1 amide bonds. The van der Waals surface area contributed by atoms with Gasteiger partial charge in [-0.2, -0.15) is 0 Å². The van der Waals surface area contributed by atoms with Crippen molar-refractivity contribution >= 4 is 17.9 Å². The molecule has 3 heteroatoms. The number of nitrogens with zero attached hydrogens (tertiary/aromatic N) is 1. The molecule has 0 aliphatic carbocycles. The first kappa shape index (κ1) is 10.8. The van der Waals surface area contributed by atoms with Gasteiger partial charge in [-0.15, -0.1) is 0 Å². The van der Waals surface area contributed by atoms with E-state index < -0.39 is 0 Å². The van der Waals surface area contributed by atoms with Gasteiger partial charge >= 0.3 is 0 Å². The van der Waals surface area contributed by atoms with Gasteiger partial charge in [0, 0.05) is 13.1 Å². The number of thiol groups is 1. The van der Waals surface area contributed by atoms with Crippen molar-refractivity contribution in [2.75, 3.05) is 13.1 Å². The van der Waals surface area contributed by atoms with Crippen LogP contribution < -0.4 is 0 Å². The molecule has 0 heterocycles. The zero-order valence-corrected chi connectivity index (χ0v) is 8.23. The summed E-state index contributed by atoms with van der Waals surface area (Å²) in [5.41, 5.74) is 0. The lowest BCUT2D eigenvalue weighted by Crippen LogP contribution is -2.26. The molecule has 0 saturated heterocycles. The molecule has 0 rings (SSSR count). The van der Waals surface area contributed by atoms with Crippen LogP contribution in [0.1, 0.15) is 33.1 Å². The lowest BCUT2D eigenvalue weighted by Gasteiger charge is -2.17. The summed E-state index contributed by atoms with van der Waals surface area (Å²) < 4.78 is 0. The molecular formula is C8H17NOS. The van der Waals surface area contributed by atoms with E-state index in [4.69, 9.17) is 0 Å². The average Bonchev–Trinajstić information content (AvgIpc) is 1.97. The van der Waals surface area contributed by atoms with Crippen molar-refractivity contribution in [3.63, 3.8) is 0 Å². The second-order valence-corrected chi connectivity index (χ2v) is 2.95. The molecule has 0 unspecified atom stereocenters. The van der Waals surface area contributed by atoms with Crippen molar-refractivity contribution in [1.82, 2.24) is 4.90 Å². The fraction of sp³-hybridized carbons (Fsp3) is 0.875. The van der Waals surface area contributed by atoms with Crippen molar-refractivity contribution in [1.29, 1.82) is 0 Å². The van der Waals surface area contributed by atoms with Crippen LogP contribution in [-0.4, -0.2) is 23.2 Å². The smallest absolute Gasteiger partial charge is 0.278 e. The predicted octanol–water partition coefficient (Wildman–Crippen LogP) is 2.55. The molecule has 11 heavy (non-hydrogen) atoms. The van der Waals surface area contributed by atoms with E-state index in [2.05, 4.69) is 19.6 Å². The minimum atomic E-state index is -0.108. The van der Waals surface area contributed by atoms with Crippen LogP contribution in [0, 0.1) is 0 Å². The number of hydrogen-bond acceptors (Lipinski definition) is 1. The third-order valence-electron chi connectivity index (χ3n) is 1.68. The molecule has 0 fully saturated rings. The first-order chi connectivity index (χ1) is 5.22. The van der Waals surface area contributed by atoms with Crippen molar-refractivity contribution < 1.29 is 4.79 Å². The summed E-state index contributed by atoms with van der Waals surface area (Å²) in [5, 5.41) is -0.108. The van der Waals surface area contributed by atoms with Gasteiger partial charge in [0.05, 0.1) is 0 Å². The molecule has 0 aromatic carbocycles. The molecule has 0 atom stereocenters. The minimum absolute atomic E-state index is 0.108. The van der Waals surface area contributed by atoms with Crippen LogP contribution in [0.25, 0.3) is 0 Å². The topological polar surface area (TPSA) is 20.3 Å². The zero-order valence-electron chi connectivity index (χ0n) is 7.34. The van der Waals surface area contributed by atoms with Gasteiger partial charge < -0.3 is 4.90 Å². The van der Waals surface area contributed by atoms with E-state index in [1.54, 1.807) is 4.90 Å². The maximum absolute atomic E-state index is 10.8. The monoisotopic (exact) mass is 175 g/mol. The van der Waals surface area contributed by atoms with Gasteiger partial charge in [-0.3, -0.25) is 4.79 Å². The Morgan fingerprint density at radius 2 is 2.00 bits per heavy atom. The lowest BCUT2D eigenvalue weighted by molar-refractivity contribution is 0.225. The van der Waals surface area contributed by atoms with Gasteiger partial charge in [-0.1, -0.05) is 32.4 Å². The Balaban J connectivity index is 3.44. The molecular weight excluding hydrogens is 158 g/mol. The van der Waals surface area contributed by atoms with Gasteiger partial charge in [0.25, 0.3) is 5.24 Å². The molecule has 0 N–H and O–H groups in total. The van der Waals surface area contributed by atoms with Crippen molar-refractivity contribution in [2.45, 2.75) is 33.1 Å². The summed E-state index contributed by atoms with van der Waals surface area (Å²) in [6.45, 7) is 5.75. The normalized spacial score (nSPS) is 9.73. The van der Waals surface area contributed by atoms with Crippen molar-refractivity contribution in [3.05, 3.63) is 0 Å². The largest absolute Gasteiger partial charge is 0.334 e. The highest BCUT2D eigenvalue weighted by Gasteiger charge is 2.04. The lowest BCUT2D eigenvalue weighted by atomic mass is 10.2. The van der Waals surface area contributed by atoms with Gasteiger partial charge in [-0.05, 0) is 13.3 Å². The number of carbonyl (C=O) groups is 1. The van der Waals surface area contributed by atoms with Gasteiger partial charge in [0.1, 0.15) is 0 Å². The molecule has 0 saturated carbocycles. The molecule has 0 bridgehead atoms. The maximum atomic E-state index is 10.8. The standard InChI is InChI=1S/C8H17NOS/c1-3-5-6-7-9(4-2)8(10)11/h3-7H2,1-2H3,(H,10,11). The second-order valence-electron chi connectivity index (χ2n) is 2.57. The molecule has 2 nitrogen and oxygen atoms in total. The summed E-state index contributed by atoms with van der Waals surface area (Å²) in [6, 6.07) is 0. The molecule has 0 aromatic rings. The number of hydrogen-bond donors (Lipinski definition) is 1. The Labute approximate surface area is 74.4 Å². The molecule has 0 radical (unpaired) electrons. The van der Waals surface area contributed by atoms with Crippen molar-refractivity contribution in [3.8, 4) is 0 Å². The highest BCUT2D eigenvalue weighted by Crippen LogP contribution is 2.00. The Hall–Kier alpha value is -0.180. The first-order valence-electron chi connectivity index (χ1n) is 4.20. The van der Waals surface area contributed by atoms with Gasteiger partial charge in [0.15, 0.2) is 0 Å². The quantitative estimate of drug-likeness (QED) is 0.503. The summed E-state index contributed by atoms with van der Waals surface area (Å²) in [4.78, 5) is 12.5. The second kappa shape index (κ2) is 6.53. The molecule has 0 aliphatic heterocycles. The highest BCUT2D eigenvalue weighted by atomic mass is 32.1. The van der Waals surface area contributed by atoms with Crippen LogP contribution in [0.2, 0.25) is 0 Å². The predicted molar refractivity (Wildman–Crippen MR) is 51.2 cm³/mol. The van der Waals surface area contributed by atoms with Crippen LogP contribution in [-0.2, 0) is 0 Å². The number of unbranched alkanes of at least 4 members (excludes halogenated alkanes) is 2. The SMILES string of the molecule is CCCCCN(CC)C(=O)S. The average molecular weight is 175 g/mol. The Morgan fingerprint density at radius 1 is 1.36 bits per heavy atom. The Bertz CT molecular complexity index is 117. The van der Waals surface area contributed by atoms with Crippen LogP contribution in [0.4, 0.5) is 4.79 Å². The van der Waals surface area contributed by atoms with E-state index in [1.165, 1.54) is 12.8 Å². The maximum Gasteiger partial charge on any atom is 0.278 e. The summed E-state index contributed by atoms with van der Waals surface area (Å²) in [5.74, 6) is 0. The summed E-state index contributed by atoms with van der Waals surface area (Å²) in [7, 11) is 0. The molecule has 66 valence electrons. The van der Waals surface area contributed by atoms with Crippen LogP contribution in [0.15, 0.2) is 0 Å². The minimum Gasteiger partial charge on any atom is -0.334 e. The zero-order chi connectivity index (χ0) is 8.69. The molecule has 0 aliphatic rings. The van der Waals surface area contributed by atoms with E-state index in [0.717, 1.165) is 19.5 Å². The fourth-order valence-corrected chi connectivity index (χ4v) is 1.18. The highest BCUT2D eigenvalue weighted by molar-refractivity contribution is 7.96. The molecule has 0 aromatic heterocycles. The number of carbonyl (C=O) groups excluding carboxylic acids is 1. The first-order valence-corrected chi connectivity index (χ1v) is 4.65. The van der Waals surface area contributed by atoms with Crippen molar-refractivity contribution in [2.24, 2.45) is 0 Å². The van der Waals surface area contributed by atoms with E-state index in [-0.39, 0.29) is 5.24 Å². The van der Waals surface area contributed by atoms with Gasteiger partial charge in [-0.25, -0.2) is 0 Å². The van der Waals surface area contributed by atoms with Gasteiger partial charge in [0.2, 0.25) is 0 Å².